The molecule has 0 saturated heterocycles. The summed E-state index contributed by atoms with van der Waals surface area (Å²) in [7, 11) is 0. The second-order valence-corrected chi connectivity index (χ2v) is 6.70. The van der Waals surface area contributed by atoms with Gasteiger partial charge < -0.3 is 18.8 Å². The molecule has 0 unspecified atom stereocenters. The minimum absolute atomic E-state index is 0.0471. The number of nitriles is 2. The normalized spacial score (nSPS) is 10.1. The molecule has 3 aromatic rings. The molecule has 34 heavy (non-hydrogen) atoms. The highest BCUT2D eigenvalue weighted by Crippen LogP contribution is 2.37. The van der Waals surface area contributed by atoms with Gasteiger partial charge in [0.25, 0.3) is 0 Å². The van der Waals surface area contributed by atoms with Crippen LogP contribution in [-0.4, -0.2) is 34.0 Å². The zero-order valence-corrected chi connectivity index (χ0v) is 18.0. The van der Waals surface area contributed by atoms with Gasteiger partial charge in [-0.15, -0.1) is 0 Å². The van der Waals surface area contributed by atoms with Crippen LogP contribution >= 0.6 is 0 Å². The summed E-state index contributed by atoms with van der Waals surface area (Å²) in [5, 5.41) is 30.3. The van der Waals surface area contributed by atoms with Crippen LogP contribution in [0.5, 0.6) is 11.6 Å². The molecule has 0 aliphatic heterocycles. The first-order chi connectivity index (χ1) is 16.5. The summed E-state index contributed by atoms with van der Waals surface area (Å²) in [6.45, 7) is 2.02. The van der Waals surface area contributed by atoms with Crippen molar-refractivity contribution in [1.82, 2.24) is 9.97 Å². The third kappa shape index (κ3) is 5.63. The van der Waals surface area contributed by atoms with Gasteiger partial charge in [-0.25, -0.2) is 4.98 Å². The predicted octanol–water partition coefficient (Wildman–Crippen LogP) is 3.47. The summed E-state index contributed by atoms with van der Waals surface area (Å²) in [5.41, 5.74) is -0.358. The van der Waals surface area contributed by atoms with Crippen LogP contribution in [0.4, 0.5) is 11.5 Å². The number of esters is 1. The Kier molecular flexibility index (Phi) is 7.71. The average molecular weight is 462 g/mol. The molecule has 0 aliphatic carbocycles. The molecule has 0 bridgehead atoms. The fourth-order valence-electron chi connectivity index (χ4n) is 3.02. The minimum atomic E-state index is -0.695. The number of hydrogen-bond acceptors (Lipinski definition) is 11. The van der Waals surface area contributed by atoms with Crippen LogP contribution in [0.2, 0.25) is 0 Å². The lowest BCUT2D eigenvalue weighted by Crippen LogP contribution is -2.28. The largest absolute Gasteiger partial charge is 0.467 e. The van der Waals surface area contributed by atoms with E-state index < -0.39 is 16.6 Å². The average Bonchev–Trinajstić information content (AvgIpc) is 3.34. The lowest BCUT2D eigenvalue weighted by Gasteiger charge is -2.22. The Morgan fingerprint density at radius 1 is 1.24 bits per heavy atom. The Hall–Kier alpha value is -4.97. The van der Waals surface area contributed by atoms with Crippen molar-refractivity contribution >= 4 is 17.5 Å². The number of benzene rings is 1. The van der Waals surface area contributed by atoms with E-state index in [2.05, 4.69) is 9.97 Å². The quantitative estimate of drug-likeness (QED) is 0.245. The van der Waals surface area contributed by atoms with E-state index >= 15 is 0 Å². The van der Waals surface area contributed by atoms with Crippen LogP contribution < -0.4 is 9.64 Å². The standard InChI is InChI=1S/C22H18N6O6/c1-2-32-19(29)7-8-27(13-18-4-3-9-33-18)21-20(28(30)31)22(26-14-25-21)34-17-6-5-15(11-23)16(10-17)12-24/h3-6,9-10,14H,2,7-8,13H2,1H3. The smallest absolute Gasteiger partial charge is 0.373 e. The second-order valence-electron chi connectivity index (χ2n) is 6.70. The number of carbonyl (C=O) groups excluding carboxylic acids is 1. The Morgan fingerprint density at radius 3 is 2.68 bits per heavy atom. The number of rotatable bonds is 10. The summed E-state index contributed by atoms with van der Waals surface area (Å²) in [6.07, 6.45) is 2.50. The lowest BCUT2D eigenvalue weighted by molar-refractivity contribution is -0.385. The molecular weight excluding hydrogens is 444 g/mol. The maximum Gasteiger partial charge on any atom is 0.373 e. The van der Waals surface area contributed by atoms with Gasteiger partial charge in [-0.3, -0.25) is 14.9 Å². The highest BCUT2D eigenvalue weighted by molar-refractivity contribution is 5.71. The van der Waals surface area contributed by atoms with E-state index in [4.69, 9.17) is 19.2 Å². The molecular formula is C22H18N6O6. The molecule has 2 heterocycles. The van der Waals surface area contributed by atoms with Gasteiger partial charge in [0, 0.05) is 6.54 Å². The number of aromatic nitrogens is 2. The fraction of sp³-hybridized carbons (Fsp3) is 0.227. The molecule has 0 fully saturated rings. The van der Waals surface area contributed by atoms with Crippen molar-refractivity contribution in [3.05, 3.63) is 69.9 Å². The van der Waals surface area contributed by atoms with Crippen molar-refractivity contribution in [3.63, 3.8) is 0 Å². The number of carbonyl (C=O) groups is 1. The molecule has 0 atom stereocenters. The molecule has 12 nitrogen and oxygen atoms in total. The van der Waals surface area contributed by atoms with E-state index in [0.717, 1.165) is 6.33 Å². The molecule has 0 amide bonds. The van der Waals surface area contributed by atoms with E-state index in [1.807, 2.05) is 12.1 Å². The van der Waals surface area contributed by atoms with Gasteiger partial charge in [-0.05, 0) is 37.3 Å². The van der Waals surface area contributed by atoms with Crippen LogP contribution in [-0.2, 0) is 16.1 Å². The zero-order chi connectivity index (χ0) is 24.5. The van der Waals surface area contributed by atoms with Crippen molar-refractivity contribution in [2.45, 2.75) is 19.9 Å². The monoisotopic (exact) mass is 462 g/mol. The summed E-state index contributed by atoms with van der Waals surface area (Å²) in [5.74, 6) is -0.367. The highest BCUT2D eigenvalue weighted by atomic mass is 16.6. The number of ether oxygens (including phenoxy) is 2. The molecule has 0 aliphatic rings. The maximum absolute atomic E-state index is 12.0. The summed E-state index contributed by atoms with van der Waals surface area (Å²) < 4.78 is 15.9. The topological polar surface area (TPSA) is 168 Å². The van der Waals surface area contributed by atoms with E-state index in [1.54, 1.807) is 19.1 Å². The van der Waals surface area contributed by atoms with E-state index in [0.29, 0.717) is 5.76 Å². The molecule has 0 radical (unpaired) electrons. The molecule has 2 aromatic heterocycles. The van der Waals surface area contributed by atoms with Crippen LogP contribution in [0.1, 0.15) is 30.2 Å². The number of nitrogens with zero attached hydrogens (tertiary/aromatic N) is 6. The fourth-order valence-corrected chi connectivity index (χ4v) is 3.02. The Morgan fingerprint density at radius 2 is 2.03 bits per heavy atom. The van der Waals surface area contributed by atoms with E-state index in [-0.39, 0.29) is 54.7 Å². The van der Waals surface area contributed by atoms with Gasteiger partial charge in [0.15, 0.2) is 0 Å². The number of anilines is 1. The third-order valence-electron chi connectivity index (χ3n) is 4.52. The third-order valence-corrected chi connectivity index (χ3v) is 4.52. The number of nitro groups is 1. The van der Waals surface area contributed by atoms with Crippen LogP contribution in [0.15, 0.2) is 47.3 Å². The Bertz CT molecular complexity index is 1260. The van der Waals surface area contributed by atoms with Crippen LogP contribution in [0.25, 0.3) is 0 Å². The second kappa shape index (κ2) is 11.1. The molecule has 172 valence electrons. The molecule has 0 spiro atoms. The molecule has 0 saturated carbocycles. The van der Waals surface area contributed by atoms with Gasteiger partial charge in [-0.2, -0.15) is 15.5 Å². The molecule has 12 heteroatoms. The summed E-state index contributed by atoms with van der Waals surface area (Å²) in [4.78, 5) is 32.7. The van der Waals surface area contributed by atoms with E-state index in [9.17, 15) is 20.2 Å². The van der Waals surface area contributed by atoms with Crippen LogP contribution in [0, 0.1) is 32.8 Å². The first-order valence-electron chi connectivity index (χ1n) is 10.0. The maximum atomic E-state index is 12.0. The van der Waals surface area contributed by atoms with Gasteiger partial charge in [0.1, 0.15) is 30.0 Å². The lowest BCUT2D eigenvalue weighted by atomic mass is 10.1. The Balaban J connectivity index is 1.99. The SMILES string of the molecule is CCOC(=O)CCN(Cc1ccco1)c1ncnc(Oc2ccc(C#N)c(C#N)c2)c1[N+](=O)[O-]. The highest BCUT2D eigenvalue weighted by Gasteiger charge is 2.30. The first kappa shape index (κ1) is 23.7. The predicted molar refractivity (Wildman–Crippen MR) is 116 cm³/mol. The van der Waals surface area contributed by atoms with E-state index in [1.165, 1.54) is 29.4 Å². The van der Waals surface area contributed by atoms with Crippen molar-refractivity contribution in [2.75, 3.05) is 18.1 Å². The minimum Gasteiger partial charge on any atom is -0.467 e. The van der Waals surface area contributed by atoms with Crippen molar-refractivity contribution in [1.29, 1.82) is 10.5 Å². The Labute approximate surface area is 193 Å². The molecule has 0 N–H and O–H groups in total. The first-order valence-corrected chi connectivity index (χ1v) is 10.0. The van der Waals surface area contributed by atoms with Crippen molar-refractivity contribution in [2.24, 2.45) is 0 Å². The van der Waals surface area contributed by atoms with Gasteiger partial charge in [0.05, 0.1) is 41.9 Å². The van der Waals surface area contributed by atoms with Crippen molar-refractivity contribution in [3.8, 4) is 23.8 Å². The van der Waals surface area contributed by atoms with Crippen LogP contribution in [0.3, 0.4) is 0 Å². The number of furan rings is 1. The van der Waals surface area contributed by atoms with Gasteiger partial charge in [-0.1, -0.05) is 0 Å². The molecule has 1 aromatic carbocycles. The summed E-state index contributed by atoms with van der Waals surface area (Å²) >= 11 is 0. The van der Waals surface area contributed by atoms with Crippen molar-refractivity contribution < 1.29 is 23.6 Å². The summed E-state index contributed by atoms with van der Waals surface area (Å²) in [6, 6.07) is 11.1. The van der Waals surface area contributed by atoms with Gasteiger partial charge >= 0.3 is 17.5 Å². The number of hydrogen-bond donors (Lipinski definition) is 0. The zero-order valence-electron chi connectivity index (χ0n) is 18.0. The molecule has 3 rings (SSSR count). The van der Waals surface area contributed by atoms with Gasteiger partial charge in [0.2, 0.25) is 5.82 Å².